The fourth-order valence-corrected chi connectivity index (χ4v) is 2.67. The molecule has 24 heavy (non-hydrogen) atoms. The van der Waals surface area contributed by atoms with E-state index >= 15 is 0 Å². The zero-order valence-electron chi connectivity index (χ0n) is 13.2. The zero-order chi connectivity index (χ0) is 17.7. The number of halogens is 3. The van der Waals surface area contributed by atoms with Crippen LogP contribution in [0.15, 0.2) is 42.5 Å². The summed E-state index contributed by atoms with van der Waals surface area (Å²) in [5.41, 5.74) is 1.98. The van der Waals surface area contributed by atoms with Gasteiger partial charge in [0, 0.05) is 22.5 Å². The Morgan fingerprint density at radius 2 is 2.00 bits per heavy atom. The van der Waals surface area contributed by atoms with Crippen molar-refractivity contribution in [2.45, 2.75) is 19.8 Å². The molecular weight excluding hydrogens is 423 g/mol. The molecule has 0 aliphatic rings. The van der Waals surface area contributed by atoms with Crippen LogP contribution in [0.5, 0.6) is 5.75 Å². The third-order valence-corrected chi connectivity index (χ3v) is 4.11. The van der Waals surface area contributed by atoms with Crippen molar-refractivity contribution in [3.8, 4) is 11.8 Å². The van der Waals surface area contributed by atoms with E-state index in [1.165, 1.54) is 18.2 Å². The zero-order valence-corrected chi connectivity index (χ0v) is 15.4. The van der Waals surface area contributed by atoms with Crippen molar-refractivity contribution in [1.82, 2.24) is 0 Å². The number of nitrogens with zero attached hydrogens (tertiary/aromatic N) is 1. The summed E-state index contributed by atoms with van der Waals surface area (Å²) in [5, 5.41) is 9.43. The fourth-order valence-electron chi connectivity index (χ4n) is 2.22. The first-order valence-corrected chi connectivity index (χ1v) is 8.42. The summed E-state index contributed by atoms with van der Waals surface area (Å²) in [4.78, 5) is 0. The normalized spacial score (nSPS) is 10.3. The van der Waals surface area contributed by atoms with Gasteiger partial charge in [-0.3, -0.25) is 0 Å². The highest BCUT2D eigenvalue weighted by Gasteiger charge is 2.15. The summed E-state index contributed by atoms with van der Waals surface area (Å²) >= 11 is 2.02. The number of ether oxygens (including phenoxy) is 1. The first-order valence-electron chi connectivity index (χ1n) is 7.34. The second kappa shape index (κ2) is 8.25. The van der Waals surface area contributed by atoms with E-state index in [0.717, 1.165) is 9.14 Å². The predicted molar refractivity (Wildman–Crippen MR) is 98.0 cm³/mol. The molecule has 0 aliphatic heterocycles. The first kappa shape index (κ1) is 18.4. The Balaban J connectivity index is 2.33. The molecule has 0 amide bonds. The minimum Gasteiger partial charge on any atom is -0.492 e. The topological polar surface area (TPSA) is 33.0 Å². The largest absolute Gasteiger partial charge is 0.492 e. The molecule has 2 rings (SSSR count). The maximum Gasteiger partial charge on any atom is 0.140 e. The molecule has 0 radical (unpaired) electrons. The van der Waals surface area contributed by atoms with Gasteiger partial charge in [-0.2, -0.15) is 5.26 Å². The van der Waals surface area contributed by atoms with E-state index in [0.29, 0.717) is 24.2 Å². The Morgan fingerprint density at radius 1 is 1.25 bits per heavy atom. The lowest BCUT2D eigenvalue weighted by atomic mass is 9.99. The molecule has 2 nitrogen and oxygen atoms in total. The van der Waals surface area contributed by atoms with Crippen LogP contribution < -0.4 is 4.74 Å². The monoisotopic (exact) mass is 439 g/mol. The Morgan fingerprint density at radius 3 is 2.62 bits per heavy atom. The number of rotatable bonds is 6. The predicted octanol–water partition coefficient (Wildman–Crippen LogP) is 5.38. The Labute approximate surface area is 153 Å². The van der Waals surface area contributed by atoms with Gasteiger partial charge < -0.3 is 4.74 Å². The average Bonchev–Trinajstić information content (AvgIpc) is 2.49. The van der Waals surface area contributed by atoms with Crippen LogP contribution in [0.4, 0.5) is 8.78 Å². The molecule has 0 heterocycles. The smallest absolute Gasteiger partial charge is 0.140 e. The van der Waals surface area contributed by atoms with Gasteiger partial charge in [-0.15, -0.1) is 6.58 Å². The van der Waals surface area contributed by atoms with Gasteiger partial charge in [0.2, 0.25) is 0 Å². The van der Waals surface area contributed by atoms with Crippen LogP contribution in [0.3, 0.4) is 0 Å². The fraction of sp³-hybridized carbons (Fsp3) is 0.211. The van der Waals surface area contributed by atoms with Gasteiger partial charge in [-0.25, -0.2) is 8.78 Å². The highest BCUT2D eigenvalue weighted by atomic mass is 127. The molecule has 0 spiro atoms. The standard InChI is InChI=1S/C19H16F2INO/c1-12(2)5-6-24-19-9-15(20)8-14(17(19)11-23)7-13-3-4-16(22)10-18(13)21/h3-4,8-10H,1,5-7H2,2H3. The van der Waals surface area contributed by atoms with E-state index < -0.39 is 5.82 Å². The van der Waals surface area contributed by atoms with Crippen molar-refractivity contribution < 1.29 is 13.5 Å². The van der Waals surface area contributed by atoms with Crippen molar-refractivity contribution in [2.24, 2.45) is 0 Å². The van der Waals surface area contributed by atoms with Gasteiger partial charge in [0.05, 0.1) is 12.2 Å². The molecule has 0 N–H and O–H groups in total. The third-order valence-electron chi connectivity index (χ3n) is 3.44. The summed E-state index contributed by atoms with van der Waals surface area (Å²) in [6.45, 7) is 5.95. The van der Waals surface area contributed by atoms with E-state index in [-0.39, 0.29) is 23.6 Å². The molecule has 0 bridgehead atoms. The molecular formula is C19H16F2INO. The van der Waals surface area contributed by atoms with E-state index in [1.54, 1.807) is 12.1 Å². The first-order chi connectivity index (χ1) is 11.4. The molecule has 0 atom stereocenters. The van der Waals surface area contributed by atoms with Gasteiger partial charge in [0.15, 0.2) is 0 Å². The van der Waals surface area contributed by atoms with Crippen LogP contribution in [0.2, 0.25) is 0 Å². The Bertz CT molecular complexity index is 812. The van der Waals surface area contributed by atoms with Crippen molar-refractivity contribution in [2.75, 3.05) is 6.61 Å². The van der Waals surface area contributed by atoms with Crippen LogP contribution in [0, 0.1) is 26.5 Å². The summed E-state index contributed by atoms with van der Waals surface area (Å²) < 4.78 is 34.2. The molecule has 0 aromatic heterocycles. The van der Waals surface area contributed by atoms with E-state index in [2.05, 4.69) is 6.58 Å². The highest BCUT2D eigenvalue weighted by molar-refractivity contribution is 14.1. The maximum atomic E-state index is 14.0. The van der Waals surface area contributed by atoms with Gasteiger partial charge in [0.1, 0.15) is 23.5 Å². The van der Waals surface area contributed by atoms with Gasteiger partial charge >= 0.3 is 0 Å². The SMILES string of the molecule is C=C(C)CCOc1cc(F)cc(Cc2ccc(I)cc2F)c1C#N. The van der Waals surface area contributed by atoms with Crippen LogP contribution in [0.25, 0.3) is 0 Å². The number of hydrogen-bond donors (Lipinski definition) is 0. The highest BCUT2D eigenvalue weighted by Crippen LogP contribution is 2.27. The minimum absolute atomic E-state index is 0.125. The van der Waals surface area contributed by atoms with Crippen LogP contribution in [-0.4, -0.2) is 6.61 Å². The lowest BCUT2D eigenvalue weighted by molar-refractivity contribution is 0.319. The number of hydrogen-bond acceptors (Lipinski definition) is 2. The van der Waals surface area contributed by atoms with Gasteiger partial charge in [-0.1, -0.05) is 11.6 Å². The van der Waals surface area contributed by atoms with Gasteiger partial charge in [0.25, 0.3) is 0 Å². The summed E-state index contributed by atoms with van der Waals surface area (Å²) in [6, 6.07) is 9.30. The summed E-state index contributed by atoms with van der Waals surface area (Å²) in [6.07, 6.45) is 0.739. The lowest BCUT2D eigenvalue weighted by Crippen LogP contribution is -2.04. The molecule has 0 fully saturated rings. The Kier molecular flexibility index (Phi) is 6.32. The van der Waals surface area contributed by atoms with Crippen molar-refractivity contribution in [1.29, 1.82) is 5.26 Å². The van der Waals surface area contributed by atoms with E-state index in [4.69, 9.17) is 4.74 Å². The van der Waals surface area contributed by atoms with Crippen LogP contribution in [-0.2, 0) is 6.42 Å². The Hall–Kier alpha value is -1.94. The molecule has 2 aromatic carbocycles. The van der Waals surface area contributed by atoms with Crippen LogP contribution in [0.1, 0.15) is 30.0 Å². The molecule has 0 unspecified atom stereocenters. The molecule has 0 saturated carbocycles. The molecule has 124 valence electrons. The second-order valence-corrected chi connectivity index (χ2v) is 6.76. The van der Waals surface area contributed by atoms with Crippen molar-refractivity contribution in [3.05, 3.63) is 74.4 Å². The molecule has 5 heteroatoms. The minimum atomic E-state index is -0.514. The van der Waals surface area contributed by atoms with E-state index in [1.807, 2.05) is 35.6 Å². The number of nitriles is 1. The molecule has 0 aliphatic carbocycles. The van der Waals surface area contributed by atoms with E-state index in [9.17, 15) is 14.0 Å². The van der Waals surface area contributed by atoms with Crippen LogP contribution >= 0.6 is 22.6 Å². The maximum absolute atomic E-state index is 14.0. The quantitative estimate of drug-likeness (QED) is 0.448. The summed E-state index contributed by atoms with van der Waals surface area (Å²) in [5.74, 6) is -0.709. The van der Waals surface area contributed by atoms with Crippen molar-refractivity contribution >= 4 is 22.6 Å². The van der Waals surface area contributed by atoms with Crippen molar-refractivity contribution in [3.63, 3.8) is 0 Å². The number of benzene rings is 2. The average molecular weight is 439 g/mol. The van der Waals surface area contributed by atoms with Gasteiger partial charge in [-0.05, 0) is 58.8 Å². The molecule has 2 aromatic rings. The summed E-state index contributed by atoms with van der Waals surface area (Å²) in [7, 11) is 0. The lowest BCUT2D eigenvalue weighted by Gasteiger charge is -2.12. The second-order valence-electron chi connectivity index (χ2n) is 5.52. The third kappa shape index (κ3) is 4.78. The molecule has 0 saturated heterocycles.